The Morgan fingerprint density at radius 2 is 1.74 bits per heavy atom. The van der Waals surface area contributed by atoms with Gasteiger partial charge in [0.2, 0.25) is 0 Å². The first-order valence-electron chi connectivity index (χ1n) is 5.43. The Hall–Kier alpha value is -1.69. The fourth-order valence-corrected chi connectivity index (χ4v) is 2.13. The molecule has 0 fully saturated rings. The molecule has 0 aliphatic rings. The highest BCUT2D eigenvalue weighted by Crippen LogP contribution is 2.30. The molecule has 4 nitrogen and oxygen atoms in total. The number of hydrogen-bond acceptors (Lipinski definition) is 4. The second kappa shape index (κ2) is 6.47. The number of anilines is 2. The Morgan fingerprint density at radius 3 is 2.37 bits per heavy atom. The molecule has 0 aromatic heterocycles. The van der Waals surface area contributed by atoms with E-state index in [1.54, 1.807) is 11.1 Å². The fraction of sp³-hybridized carbons (Fsp3) is 0. The highest BCUT2D eigenvalue weighted by atomic mass is 35.5. The fourth-order valence-electron chi connectivity index (χ4n) is 1.54. The molecule has 2 N–H and O–H groups in total. The monoisotopic (exact) mass is 294 g/mol. The molecule has 0 aliphatic carbocycles. The maximum absolute atomic E-state index is 10.7. The van der Waals surface area contributed by atoms with Crippen LogP contribution in [0, 0.1) is 0 Å². The van der Waals surface area contributed by atoms with Gasteiger partial charge in [-0.05, 0) is 24.3 Å². The average molecular weight is 295 g/mol. The number of nitrogens with one attached hydrogen (secondary N) is 1. The SMILES string of the molecule is O=C(O)SNN(c1ccccc1)c1ccccc1Cl. The molecule has 0 bridgehead atoms. The van der Waals surface area contributed by atoms with Crippen LogP contribution in [0.2, 0.25) is 5.02 Å². The Morgan fingerprint density at radius 1 is 1.11 bits per heavy atom. The predicted molar refractivity (Wildman–Crippen MR) is 78.8 cm³/mol. The minimum absolute atomic E-state index is 0.532. The summed E-state index contributed by atoms with van der Waals surface area (Å²) >= 11 is 6.72. The second-order valence-corrected chi connectivity index (χ2v) is 4.72. The molecule has 19 heavy (non-hydrogen) atoms. The number of carbonyl (C=O) groups is 1. The first-order chi connectivity index (χ1) is 9.18. The van der Waals surface area contributed by atoms with Crippen LogP contribution in [-0.2, 0) is 0 Å². The van der Waals surface area contributed by atoms with Gasteiger partial charge in [0, 0.05) is 0 Å². The highest BCUT2D eigenvalue weighted by molar-refractivity contribution is 8.11. The van der Waals surface area contributed by atoms with E-state index in [9.17, 15) is 4.79 Å². The average Bonchev–Trinajstić information content (AvgIpc) is 2.42. The minimum atomic E-state index is -1.02. The summed E-state index contributed by atoms with van der Waals surface area (Å²) in [6, 6.07) is 16.6. The normalized spacial score (nSPS) is 10.2. The summed E-state index contributed by atoms with van der Waals surface area (Å²) in [6.07, 6.45) is 0. The molecule has 2 aromatic rings. The first-order valence-corrected chi connectivity index (χ1v) is 6.63. The van der Waals surface area contributed by atoms with E-state index in [4.69, 9.17) is 16.7 Å². The van der Waals surface area contributed by atoms with Gasteiger partial charge in [-0.2, -0.15) is 4.83 Å². The van der Waals surface area contributed by atoms with Crippen molar-refractivity contribution in [3.8, 4) is 0 Å². The van der Waals surface area contributed by atoms with Crippen molar-refractivity contribution in [2.45, 2.75) is 0 Å². The summed E-state index contributed by atoms with van der Waals surface area (Å²) in [6.45, 7) is 0. The summed E-state index contributed by atoms with van der Waals surface area (Å²) in [5, 5.41) is 9.90. The van der Waals surface area contributed by atoms with Gasteiger partial charge in [-0.15, -0.1) is 0 Å². The van der Waals surface area contributed by atoms with Crippen LogP contribution < -0.4 is 9.84 Å². The van der Waals surface area contributed by atoms with E-state index in [0.717, 1.165) is 5.69 Å². The number of para-hydroxylation sites is 2. The minimum Gasteiger partial charge on any atom is -0.472 e. The Kier molecular flexibility index (Phi) is 4.68. The molecule has 2 rings (SSSR count). The molecular formula is C13H11ClN2O2S. The lowest BCUT2D eigenvalue weighted by Gasteiger charge is -2.24. The van der Waals surface area contributed by atoms with Gasteiger partial charge in [0.15, 0.2) is 0 Å². The smallest absolute Gasteiger partial charge is 0.381 e. The van der Waals surface area contributed by atoms with E-state index < -0.39 is 5.30 Å². The zero-order chi connectivity index (χ0) is 13.7. The third-order valence-corrected chi connectivity index (χ3v) is 3.10. The number of rotatable bonds is 4. The number of halogens is 1. The van der Waals surface area contributed by atoms with Gasteiger partial charge in [-0.25, -0.2) is 4.79 Å². The van der Waals surface area contributed by atoms with E-state index in [1.165, 1.54) is 0 Å². The molecule has 0 unspecified atom stereocenters. The van der Waals surface area contributed by atoms with Gasteiger partial charge < -0.3 is 5.11 Å². The Labute approximate surface area is 120 Å². The lowest BCUT2D eigenvalue weighted by atomic mass is 10.2. The van der Waals surface area contributed by atoms with Crippen LogP contribution in [0.15, 0.2) is 54.6 Å². The van der Waals surface area contributed by atoms with Crippen LogP contribution in [0.1, 0.15) is 0 Å². The van der Waals surface area contributed by atoms with Crippen LogP contribution in [0.3, 0.4) is 0 Å². The van der Waals surface area contributed by atoms with E-state index in [2.05, 4.69) is 4.83 Å². The third-order valence-electron chi connectivity index (χ3n) is 2.33. The standard InChI is InChI=1S/C13H11ClN2O2S/c14-11-8-4-5-9-12(11)16(15-19-13(17)18)10-6-2-1-3-7-10/h1-9,15H,(H,17,18). The van der Waals surface area contributed by atoms with Crippen molar-refractivity contribution in [2.75, 3.05) is 5.01 Å². The number of carboxylic acid groups (broad SMARTS) is 1. The maximum Gasteiger partial charge on any atom is 0.381 e. The molecule has 2 aromatic carbocycles. The lowest BCUT2D eigenvalue weighted by Crippen LogP contribution is -2.29. The molecule has 98 valence electrons. The summed E-state index contributed by atoms with van der Waals surface area (Å²) in [5.41, 5.74) is 1.48. The van der Waals surface area contributed by atoms with E-state index in [0.29, 0.717) is 22.7 Å². The number of benzene rings is 2. The van der Waals surface area contributed by atoms with E-state index >= 15 is 0 Å². The molecule has 0 aliphatic heterocycles. The highest BCUT2D eigenvalue weighted by Gasteiger charge is 2.13. The van der Waals surface area contributed by atoms with E-state index in [-0.39, 0.29) is 0 Å². The molecule has 6 heteroatoms. The third kappa shape index (κ3) is 3.64. The zero-order valence-corrected chi connectivity index (χ0v) is 11.4. The molecule has 0 saturated heterocycles. The van der Waals surface area contributed by atoms with Crippen LogP contribution in [0.4, 0.5) is 16.2 Å². The van der Waals surface area contributed by atoms with Gasteiger partial charge in [-0.1, -0.05) is 41.9 Å². The molecule has 0 radical (unpaired) electrons. The summed E-state index contributed by atoms with van der Waals surface area (Å²) < 4.78 is 0. The van der Waals surface area contributed by atoms with Gasteiger partial charge >= 0.3 is 5.30 Å². The van der Waals surface area contributed by atoms with Crippen molar-refractivity contribution < 1.29 is 9.90 Å². The quantitative estimate of drug-likeness (QED) is 0.650. The lowest BCUT2D eigenvalue weighted by molar-refractivity contribution is 0.222. The zero-order valence-electron chi connectivity index (χ0n) is 9.79. The van der Waals surface area contributed by atoms with Crippen molar-refractivity contribution in [3.05, 3.63) is 59.6 Å². The molecule has 0 amide bonds. The van der Waals surface area contributed by atoms with Gasteiger partial charge in [-0.3, -0.25) is 5.01 Å². The van der Waals surface area contributed by atoms with Crippen molar-refractivity contribution in [1.29, 1.82) is 0 Å². The number of nitrogens with zero attached hydrogens (tertiary/aromatic N) is 1. The van der Waals surface area contributed by atoms with Crippen molar-refractivity contribution in [1.82, 2.24) is 4.83 Å². The van der Waals surface area contributed by atoms with Crippen molar-refractivity contribution in [3.63, 3.8) is 0 Å². The van der Waals surface area contributed by atoms with Gasteiger partial charge in [0.1, 0.15) is 0 Å². The summed E-state index contributed by atoms with van der Waals surface area (Å²) in [5.74, 6) is 0. The first kappa shape index (κ1) is 13.7. The van der Waals surface area contributed by atoms with Crippen LogP contribution in [-0.4, -0.2) is 10.4 Å². The van der Waals surface area contributed by atoms with Gasteiger partial charge in [0.25, 0.3) is 0 Å². The number of hydrazine groups is 1. The van der Waals surface area contributed by atoms with Crippen LogP contribution in [0.5, 0.6) is 0 Å². The van der Waals surface area contributed by atoms with Crippen LogP contribution >= 0.6 is 23.5 Å². The molecule has 0 spiro atoms. The van der Waals surface area contributed by atoms with Gasteiger partial charge in [0.05, 0.1) is 28.3 Å². The Bertz CT molecular complexity index is 566. The van der Waals surface area contributed by atoms with Crippen LogP contribution in [0.25, 0.3) is 0 Å². The largest absolute Gasteiger partial charge is 0.472 e. The maximum atomic E-state index is 10.7. The molecular weight excluding hydrogens is 284 g/mol. The predicted octanol–water partition coefficient (Wildman–Crippen LogP) is 4.31. The number of hydrogen-bond donors (Lipinski definition) is 2. The second-order valence-electron chi connectivity index (χ2n) is 3.58. The molecule has 0 heterocycles. The Balaban J connectivity index is 2.35. The van der Waals surface area contributed by atoms with Crippen molar-refractivity contribution in [2.24, 2.45) is 0 Å². The van der Waals surface area contributed by atoms with Crippen molar-refractivity contribution >= 4 is 40.2 Å². The van der Waals surface area contributed by atoms with E-state index in [1.807, 2.05) is 48.5 Å². The molecule has 0 saturated carbocycles. The topological polar surface area (TPSA) is 52.6 Å². The summed E-state index contributed by atoms with van der Waals surface area (Å²) in [7, 11) is 0. The summed E-state index contributed by atoms with van der Waals surface area (Å²) in [4.78, 5) is 13.5. The molecule has 0 atom stereocenters.